The maximum absolute atomic E-state index is 14.3. The number of pyridine rings is 1. The van der Waals surface area contributed by atoms with Gasteiger partial charge in [0.05, 0.1) is 23.6 Å². The van der Waals surface area contributed by atoms with Gasteiger partial charge in [0.1, 0.15) is 12.6 Å². The molecule has 0 aliphatic heterocycles. The van der Waals surface area contributed by atoms with Crippen molar-refractivity contribution < 1.29 is 19.2 Å². The standard InChI is InChI=1S/C37H41N11O4/c1-39-37(51)45-36(38)41-19-10-17-33(35(50)47(23-27-11-4-2-5-12-27)24-28-13-6-3-7-14-28)44-34(49)25-48-30(22-42-46-48)26-52-43-21-29-18-20-40-32-16-9-8-15-31(29)32/h2-9,11-16,18,20-22,33H,10,17,19,23-26H2,1H3,(H,44,49)(H4,38,39,41,45,51)/b43-21+/t33-/m1/s1. The van der Waals surface area contributed by atoms with Gasteiger partial charge in [0.2, 0.25) is 11.8 Å². The van der Waals surface area contributed by atoms with Gasteiger partial charge in [0.15, 0.2) is 12.6 Å². The van der Waals surface area contributed by atoms with Crippen LogP contribution < -0.4 is 21.7 Å². The lowest BCUT2D eigenvalue weighted by molar-refractivity contribution is -0.138. The molecule has 0 saturated carbocycles. The van der Waals surface area contributed by atoms with E-state index in [0.717, 1.165) is 27.6 Å². The first-order chi connectivity index (χ1) is 25.4. The summed E-state index contributed by atoms with van der Waals surface area (Å²) in [5, 5.41) is 20.8. The Balaban J connectivity index is 1.26. The summed E-state index contributed by atoms with van der Waals surface area (Å²) in [6.45, 7) is 0.686. The van der Waals surface area contributed by atoms with Crippen LogP contribution in [0.15, 0.2) is 114 Å². The first-order valence-corrected chi connectivity index (χ1v) is 16.7. The van der Waals surface area contributed by atoms with Crippen molar-refractivity contribution in [3.8, 4) is 0 Å². The van der Waals surface area contributed by atoms with Crippen molar-refractivity contribution in [1.82, 2.24) is 40.8 Å². The second-order valence-corrected chi connectivity index (χ2v) is 11.7. The van der Waals surface area contributed by atoms with Crippen molar-refractivity contribution in [2.24, 2.45) is 15.9 Å². The topological polar surface area (TPSA) is 194 Å². The van der Waals surface area contributed by atoms with Gasteiger partial charge in [-0.3, -0.25) is 24.9 Å². The predicted octanol–water partition coefficient (Wildman–Crippen LogP) is 3.11. The third kappa shape index (κ3) is 10.9. The number of nitrogens with zero attached hydrogens (tertiary/aromatic N) is 7. The number of hydrogen-bond acceptors (Lipinski definition) is 9. The van der Waals surface area contributed by atoms with Crippen LogP contribution in [0, 0.1) is 0 Å². The molecule has 3 aromatic carbocycles. The van der Waals surface area contributed by atoms with Gasteiger partial charge in [0, 0.05) is 43.8 Å². The molecule has 268 valence electrons. The minimum atomic E-state index is -0.897. The van der Waals surface area contributed by atoms with Crippen LogP contribution in [-0.4, -0.2) is 74.5 Å². The molecule has 4 amide bonds. The van der Waals surface area contributed by atoms with Gasteiger partial charge in [-0.1, -0.05) is 89.2 Å². The summed E-state index contributed by atoms with van der Waals surface area (Å²) in [5.74, 6) is -0.762. The first-order valence-electron chi connectivity index (χ1n) is 16.7. The van der Waals surface area contributed by atoms with Crippen molar-refractivity contribution in [2.75, 3.05) is 13.6 Å². The van der Waals surface area contributed by atoms with Gasteiger partial charge in [-0.15, -0.1) is 5.10 Å². The molecule has 2 heterocycles. The molecule has 0 radical (unpaired) electrons. The number of nitrogens with two attached hydrogens (primary N) is 1. The molecule has 0 unspecified atom stereocenters. The number of urea groups is 1. The summed E-state index contributed by atoms with van der Waals surface area (Å²) in [5.41, 5.74) is 9.90. The van der Waals surface area contributed by atoms with E-state index in [1.807, 2.05) is 91.0 Å². The molecule has 0 aliphatic carbocycles. The van der Waals surface area contributed by atoms with E-state index in [9.17, 15) is 14.4 Å². The number of benzene rings is 3. The normalized spacial score (nSPS) is 12.0. The Morgan fingerprint density at radius 1 is 0.962 bits per heavy atom. The largest absolute Gasteiger partial charge is 0.389 e. The zero-order chi connectivity index (χ0) is 36.5. The highest BCUT2D eigenvalue weighted by Crippen LogP contribution is 2.16. The lowest BCUT2D eigenvalue weighted by Gasteiger charge is -2.28. The molecule has 0 aliphatic rings. The lowest BCUT2D eigenvalue weighted by Crippen LogP contribution is -2.49. The van der Waals surface area contributed by atoms with Crippen molar-refractivity contribution in [1.29, 1.82) is 0 Å². The van der Waals surface area contributed by atoms with E-state index in [0.29, 0.717) is 25.2 Å². The molecular weight excluding hydrogens is 662 g/mol. The third-order valence-electron chi connectivity index (χ3n) is 7.93. The van der Waals surface area contributed by atoms with Crippen molar-refractivity contribution in [3.05, 3.63) is 126 Å². The number of hydrogen-bond donors (Lipinski definition) is 4. The molecule has 15 nitrogen and oxygen atoms in total. The minimum Gasteiger partial charge on any atom is -0.389 e. The van der Waals surface area contributed by atoms with Crippen LogP contribution in [0.5, 0.6) is 0 Å². The molecule has 5 rings (SSSR count). The maximum atomic E-state index is 14.3. The van der Waals surface area contributed by atoms with Crippen molar-refractivity contribution in [3.63, 3.8) is 0 Å². The summed E-state index contributed by atoms with van der Waals surface area (Å²) < 4.78 is 1.40. The van der Waals surface area contributed by atoms with Crippen LogP contribution in [0.1, 0.15) is 35.2 Å². The van der Waals surface area contributed by atoms with Gasteiger partial charge in [-0.25, -0.2) is 9.48 Å². The average Bonchev–Trinajstić information content (AvgIpc) is 3.61. The zero-order valence-electron chi connectivity index (χ0n) is 28.8. The molecular formula is C37H41N11O4. The number of amides is 4. The van der Waals surface area contributed by atoms with Crippen LogP contribution >= 0.6 is 0 Å². The molecule has 0 bridgehead atoms. The number of aliphatic imine (C=N–C) groups is 1. The van der Waals surface area contributed by atoms with E-state index in [1.54, 1.807) is 17.3 Å². The maximum Gasteiger partial charge on any atom is 0.321 e. The number of fused-ring (bicyclic) bond motifs is 1. The lowest BCUT2D eigenvalue weighted by atomic mass is 10.1. The Kier molecular flexibility index (Phi) is 13.3. The highest BCUT2D eigenvalue weighted by atomic mass is 16.6. The first kappa shape index (κ1) is 36.6. The monoisotopic (exact) mass is 703 g/mol. The number of nitrogens with one attached hydrogen (secondary N) is 3. The third-order valence-corrected chi connectivity index (χ3v) is 7.93. The van der Waals surface area contributed by atoms with Crippen molar-refractivity contribution >= 4 is 40.9 Å². The van der Waals surface area contributed by atoms with Crippen LogP contribution in [-0.2, 0) is 40.7 Å². The summed E-state index contributed by atoms with van der Waals surface area (Å²) in [6, 6.07) is 27.5. The molecule has 5 N–H and O–H groups in total. The Bertz CT molecular complexity index is 1940. The van der Waals surface area contributed by atoms with Gasteiger partial charge in [0.25, 0.3) is 0 Å². The molecule has 0 fully saturated rings. The Morgan fingerprint density at radius 2 is 1.65 bits per heavy atom. The van der Waals surface area contributed by atoms with Gasteiger partial charge < -0.3 is 26.1 Å². The summed E-state index contributed by atoms with van der Waals surface area (Å²) in [4.78, 5) is 55.1. The Labute approximate surface area is 301 Å². The fourth-order valence-electron chi connectivity index (χ4n) is 5.34. The second-order valence-electron chi connectivity index (χ2n) is 11.7. The van der Waals surface area contributed by atoms with E-state index in [2.05, 4.69) is 41.4 Å². The molecule has 0 spiro atoms. The fourth-order valence-corrected chi connectivity index (χ4v) is 5.34. The summed E-state index contributed by atoms with van der Waals surface area (Å²) in [7, 11) is 1.47. The van der Waals surface area contributed by atoms with Gasteiger partial charge >= 0.3 is 6.03 Å². The molecule has 15 heteroatoms. The molecule has 52 heavy (non-hydrogen) atoms. The fraction of sp³-hybridized carbons (Fsp3) is 0.243. The minimum absolute atomic E-state index is 0.00754. The number of carbonyl (C=O) groups is 3. The summed E-state index contributed by atoms with van der Waals surface area (Å²) >= 11 is 0. The van der Waals surface area contributed by atoms with Crippen LogP contribution in [0.3, 0.4) is 0 Å². The number of rotatable bonds is 16. The highest BCUT2D eigenvalue weighted by Gasteiger charge is 2.27. The number of para-hydroxylation sites is 1. The molecule has 1 atom stereocenters. The van der Waals surface area contributed by atoms with Crippen molar-refractivity contribution in [2.45, 2.75) is 45.1 Å². The predicted molar refractivity (Wildman–Crippen MR) is 197 cm³/mol. The smallest absolute Gasteiger partial charge is 0.321 e. The molecule has 2 aromatic heterocycles. The Morgan fingerprint density at radius 3 is 2.37 bits per heavy atom. The quantitative estimate of drug-likeness (QED) is 0.0521. The zero-order valence-corrected chi connectivity index (χ0v) is 28.8. The highest BCUT2D eigenvalue weighted by molar-refractivity contribution is 5.97. The number of aromatic nitrogens is 4. The van der Waals surface area contributed by atoms with Crippen LogP contribution in [0.4, 0.5) is 4.79 Å². The average molecular weight is 704 g/mol. The van der Waals surface area contributed by atoms with E-state index in [-0.39, 0.29) is 38.0 Å². The summed E-state index contributed by atoms with van der Waals surface area (Å²) in [6.07, 6.45) is 5.45. The SMILES string of the molecule is CNC(=O)NC(N)=NCCC[C@@H](NC(=O)Cn1nncc1CO/N=C/c1ccnc2ccccc12)C(=O)N(Cc1ccccc1)Cc1ccccc1. The van der Waals surface area contributed by atoms with Gasteiger partial charge in [-0.2, -0.15) is 0 Å². The molecule has 5 aromatic rings. The Hall–Kier alpha value is -6.64. The second kappa shape index (κ2) is 18.9. The van der Waals surface area contributed by atoms with E-state index >= 15 is 0 Å². The van der Waals surface area contributed by atoms with Gasteiger partial charge in [-0.05, 0) is 36.1 Å². The van der Waals surface area contributed by atoms with E-state index < -0.39 is 18.0 Å². The van der Waals surface area contributed by atoms with E-state index in [1.165, 1.54) is 17.9 Å². The molecule has 0 saturated heterocycles. The number of guanidine groups is 1. The van der Waals surface area contributed by atoms with Crippen LogP contribution in [0.25, 0.3) is 10.9 Å². The number of carbonyl (C=O) groups excluding carboxylic acids is 3. The number of oxime groups is 1. The van der Waals surface area contributed by atoms with Crippen LogP contribution in [0.2, 0.25) is 0 Å². The van der Waals surface area contributed by atoms with E-state index in [4.69, 9.17) is 10.6 Å².